The number of aryl methyl sites for hydroxylation is 14. The van der Waals surface area contributed by atoms with Gasteiger partial charge in [0.15, 0.2) is 0 Å². The van der Waals surface area contributed by atoms with Crippen molar-refractivity contribution in [2.24, 2.45) is 0 Å². The summed E-state index contributed by atoms with van der Waals surface area (Å²) in [5.41, 5.74) is 7.44. The highest BCUT2D eigenvalue weighted by Gasteiger charge is 1.88. The van der Waals surface area contributed by atoms with Crippen LogP contribution in [0.3, 0.4) is 0 Å². The maximum atomic E-state index is 5.08. The van der Waals surface area contributed by atoms with Gasteiger partial charge in [-0.2, -0.15) is 0 Å². The van der Waals surface area contributed by atoms with Crippen molar-refractivity contribution in [3.8, 4) is 0 Å². The van der Waals surface area contributed by atoms with Crippen molar-refractivity contribution in [2.45, 2.75) is 96.9 Å². The zero-order valence-corrected chi connectivity index (χ0v) is 36.1. The Balaban J connectivity index is 0.000000304. The van der Waals surface area contributed by atoms with Crippen LogP contribution in [0.1, 0.15) is 75.4 Å². The fraction of sp³-hybridized carbons (Fsp3) is 0.318. The van der Waals surface area contributed by atoms with Crippen LogP contribution in [-0.4, -0.2) is 19.9 Å². The third-order valence-corrected chi connectivity index (χ3v) is 9.26. The number of furan rings is 1. The number of nitrogens with zero attached hydrogens (tertiary/aromatic N) is 4. The molecular weight excluding hydrogens is 697 g/mol. The molecular formula is C44H58N4OS3. The Bertz CT molecular complexity index is 1530. The van der Waals surface area contributed by atoms with Crippen LogP contribution in [0, 0.1) is 96.9 Å². The second-order valence-electron chi connectivity index (χ2n) is 12.5. The van der Waals surface area contributed by atoms with E-state index in [0.29, 0.717) is 0 Å². The molecule has 5 nitrogen and oxygen atoms in total. The minimum atomic E-state index is 0.829. The number of thiophene rings is 2. The molecule has 7 rings (SSSR count). The first kappa shape index (κ1) is 45.8. The van der Waals surface area contributed by atoms with E-state index in [4.69, 9.17) is 4.42 Å². The molecule has 6 heterocycles. The van der Waals surface area contributed by atoms with Crippen molar-refractivity contribution >= 4 is 34.0 Å². The maximum absolute atomic E-state index is 5.08. The van der Waals surface area contributed by atoms with Gasteiger partial charge in [0.05, 0.1) is 5.01 Å². The molecule has 7 aromatic rings. The number of rotatable bonds is 0. The van der Waals surface area contributed by atoms with E-state index in [1.54, 1.807) is 22.7 Å². The lowest BCUT2D eigenvalue weighted by Crippen LogP contribution is -1.84. The standard InChI is InChI=1S/C8H10.C7H9N.C6H8N2.C6H8O.2C6H8S.C5H7NS/c1-7-3-5-8(2)6-4-7;1-6-3-4-7(2)8-5-6;1-5-3-7-6(2)8-4-5;1-5-3-4-6(2)7-5;1-5-3-6(2)7-4-5;1-5-3-4-6(2)7-5;1-4-3-6-5(2)7-4/h3-6H,1-2H3;3-5H,1-2H3;3-4H,1-2H3;3*3-4H,1-2H3;3H,1-2H3. The first-order valence-electron chi connectivity index (χ1n) is 17.2. The smallest absolute Gasteiger partial charge is 0.125 e. The number of thiazole rings is 1. The Morgan fingerprint density at radius 1 is 0.404 bits per heavy atom. The molecule has 52 heavy (non-hydrogen) atoms. The Hall–Kier alpha value is -4.24. The highest BCUT2D eigenvalue weighted by molar-refractivity contribution is 7.12. The molecule has 0 radical (unpaired) electrons. The predicted molar refractivity (Wildman–Crippen MR) is 228 cm³/mol. The average Bonchev–Trinajstić information content (AvgIpc) is 3.89. The topological polar surface area (TPSA) is 64.7 Å². The van der Waals surface area contributed by atoms with Gasteiger partial charge in [-0.05, 0) is 155 Å². The fourth-order valence-electron chi connectivity index (χ4n) is 3.79. The molecule has 0 aliphatic carbocycles. The largest absolute Gasteiger partial charge is 0.467 e. The summed E-state index contributed by atoms with van der Waals surface area (Å²) >= 11 is 5.38. The van der Waals surface area contributed by atoms with Gasteiger partial charge in [-0.1, -0.05) is 41.5 Å². The zero-order valence-electron chi connectivity index (χ0n) is 33.7. The quantitative estimate of drug-likeness (QED) is 0.154. The van der Waals surface area contributed by atoms with Crippen molar-refractivity contribution in [3.05, 3.63) is 172 Å². The van der Waals surface area contributed by atoms with Crippen LogP contribution >= 0.6 is 34.0 Å². The zero-order chi connectivity index (χ0) is 39.1. The molecule has 8 heteroatoms. The first-order chi connectivity index (χ1) is 24.5. The Kier molecular flexibility index (Phi) is 22.6. The van der Waals surface area contributed by atoms with E-state index in [2.05, 4.69) is 122 Å². The van der Waals surface area contributed by atoms with Gasteiger partial charge in [-0.25, -0.2) is 15.0 Å². The van der Waals surface area contributed by atoms with Crippen LogP contribution in [0.5, 0.6) is 0 Å². The number of pyridine rings is 1. The second-order valence-corrected chi connectivity index (χ2v) is 16.5. The van der Waals surface area contributed by atoms with Crippen LogP contribution in [0.2, 0.25) is 0 Å². The third-order valence-electron chi connectivity index (χ3n) is 6.54. The Labute approximate surface area is 326 Å². The van der Waals surface area contributed by atoms with Crippen LogP contribution in [0.4, 0.5) is 0 Å². The summed E-state index contributed by atoms with van der Waals surface area (Å²) < 4.78 is 5.08. The molecule has 0 spiro atoms. The molecule has 0 bridgehead atoms. The number of benzene rings is 1. The summed E-state index contributed by atoms with van der Waals surface area (Å²) in [6.07, 6.45) is 7.38. The van der Waals surface area contributed by atoms with Crippen LogP contribution < -0.4 is 0 Å². The van der Waals surface area contributed by atoms with Crippen molar-refractivity contribution < 1.29 is 4.42 Å². The van der Waals surface area contributed by atoms with Gasteiger partial charge in [0, 0.05) is 50.0 Å². The van der Waals surface area contributed by atoms with Crippen LogP contribution in [0.25, 0.3) is 0 Å². The lowest BCUT2D eigenvalue weighted by molar-refractivity contribution is 0.504. The molecule has 0 aliphatic heterocycles. The second kappa shape index (κ2) is 25.7. The Morgan fingerprint density at radius 2 is 0.904 bits per heavy atom. The Morgan fingerprint density at radius 3 is 1.13 bits per heavy atom. The SMILES string of the molecule is Cc1ccc(C)cc1.Cc1ccc(C)nc1.Cc1ccc(C)o1.Cc1ccc(C)s1.Cc1cnc(C)nc1.Cc1cnc(C)s1.Cc1csc(C)c1. The highest BCUT2D eigenvalue weighted by atomic mass is 32.1. The molecule has 0 unspecified atom stereocenters. The molecule has 0 fully saturated rings. The van der Waals surface area contributed by atoms with Gasteiger partial charge < -0.3 is 4.42 Å². The summed E-state index contributed by atoms with van der Waals surface area (Å²) in [4.78, 5) is 21.5. The van der Waals surface area contributed by atoms with Gasteiger partial charge >= 0.3 is 0 Å². The minimum absolute atomic E-state index is 0.829. The molecule has 1 aromatic carbocycles. The van der Waals surface area contributed by atoms with Gasteiger partial charge in [0.1, 0.15) is 17.3 Å². The van der Waals surface area contributed by atoms with E-state index in [-0.39, 0.29) is 0 Å². The monoisotopic (exact) mass is 754 g/mol. The summed E-state index contributed by atoms with van der Waals surface area (Å²) in [7, 11) is 0. The summed E-state index contributed by atoms with van der Waals surface area (Å²) in [6.45, 7) is 28.5. The molecule has 0 N–H and O–H groups in total. The first-order valence-corrected chi connectivity index (χ1v) is 19.7. The molecule has 0 aliphatic rings. The maximum Gasteiger partial charge on any atom is 0.125 e. The number of hydrogen-bond donors (Lipinski definition) is 0. The van der Waals surface area contributed by atoms with E-state index >= 15 is 0 Å². The van der Waals surface area contributed by atoms with Crippen molar-refractivity contribution in [3.63, 3.8) is 0 Å². The van der Waals surface area contributed by atoms with E-state index in [0.717, 1.165) is 33.6 Å². The van der Waals surface area contributed by atoms with Crippen molar-refractivity contribution in [1.82, 2.24) is 19.9 Å². The van der Waals surface area contributed by atoms with Crippen molar-refractivity contribution in [1.29, 1.82) is 0 Å². The molecule has 0 saturated carbocycles. The fourth-order valence-corrected chi connectivity index (χ4v) is 5.94. The minimum Gasteiger partial charge on any atom is -0.467 e. The lowest BCUT2D eigenvalue weighted by Gasteiger charge is -1.90. The molecule has 278 valence electrons. The van der Waals surface area contributed by atoms with Gasteiger partial charge in [-0.15, -0.1) is 34.0 Å². The van der Waals surface area contributed by atoms with Gasteiger partial charge in [0.25, 0.3) is 0 Å². The van der Waals surface area contributed by atoms with E-state index in [1.807, 2.05) is 103 Å². The van der Waals surface area contributed by atoms with Crippen molar-refractivity contribution in [2.75, 3.05) is 0 Å². The van der Waals surface area contributed by atoms with E-state index < -0.39 is 0 Å². The molecule has 6 aromatic heterocycles. The van der Waals surface area contributed by atoms with Crippen LogP contribution in [-0.2, 0) is 0 Å². The predicted octanol–water partition coefficient (Wildman–Crippen LogP) is 13.5. The van der Waals surface area contributed by atoms with E-state index in [9.17, 15) is 0 Å². The van der Waals surface area contributed by atoms with Crippen LogP contribution in [0.15, 0.2) is 101 Å². The molecule has 0 atom stereocenters. The number of aromatic nitrogens is 4. The van der Waals surface area contributed by atoms with E-state index in [1.165, 1.54) is 41.8 Å². The summed E-state index contributed by atoms with van der Waals surface area (Å²) in [5.74, 6) is 2.80. The third kappa shape index (κ3) is 24.0. The number of hydrogen-bond acceptors (Lipinski definition) is 8. The molecule has 0 saturated heterocycles. The summed E-state index contributed by atoms with van der Waals surface area (Å²) in [5, 5.41) is 3.31. The van der Waals surface area contributed by atoms with Gasteiger partial charge in [-0.3, -0.25) is 4.98 Å². The highest BCUT2D eigenvalue weighted by Crippen LogP contribution is 2.12. The normalized spacial score (nSPS) is 9.35. The molecule has 0 amide bonds. The average molecular weight is 755 g/mol. The lowest BCUT2D eigenvalue weighted by atomic mass is 10.2. The van der Waals surface area contributed by atoms with Gasteiger partial charge in [0.2, 0.25) is 0 Å². The summed E-state index contributed by atoms with van der Waals surface area (Å²) in [6, 6.07) is 22.9.